The van der Waals surface area contributed by atoms with Crippen molar-refractivity contribution in [3.05, 3.63) is 12.2 Å². The second-order valence-electron chi connectivity index (χ2n) is 9.87. The number of hydrogen-bond acceptors (Lipinski definition) is 5. The van der Waals surface area contributed by atoms with Crippen molar-refractivity contribution < 1.29 is 14.3 Å². The highest BCUT2D eigenvalue weighted by atomic mass is 32.2. The maximum Gasteiger partial charge on any atom is 0.171 e. The molecule has 0 N–H and O–H groups in total. The van der Waals surface area contributed by atoms with Gasteiger partial charge in [-0.2, -0.15) is 0 Å². The zero-order valence-corrected chi connectivity index (χ0v) is 19.1. The van der Waals surface area contributed by atoms with Gasteiger partial charge in [-0.1, -0.05) is 39.2 Å². The zero-order chi connectivity index (χ0) is 19.6. The second kappa shape index (κ2) is 9.03. The Hall–Kier alpha value is 0.0300. The van der Waals surface area contributed by atoms with Crippen LogP contribution in [-0.2, 0) is 14.3 Å². The number of rotatable bonds is 5. The van der Waals surface area contributed by atoms with Crippen molar-refractivity contribution >= 4 is 29.3 Å². The Kier molecular flexibility index (Phi) is 6.86. The Morgan fingerprint density at radius 2 is 1.71 bits per heavy atom. The average molecular weight is 425 g/mol. The molecule has 5 heteroatoms. The lowest BCUT2D eigenvalue weighted by molar-refractivity contribution is -0.315. The molecule has 0 aromatic heterocycles. The summed E-state index contributed by atoms with van der Waals surface area (Å²) in [7, 11) is 0. The molecule has 4 fully saturated rings. The maximum atomic E-state index is 12.7. The van der Waals surface area contributed by atoms with Crippen molar-refractivity contribution in [2.24, 2.45) is 23.2 Å². The van der Waals surface area contributed by atoms with E-state index in [0.29, 0.717) is 22.2 Å². The largest absolute Gasteiger partial charge is 0.349 e. The molecule has 2 atom stereocenters. The molecule has 0 aromatic carbocycles. The van der Waals surface area contributed by atoms with E-state index >= 15 is 0 Å². The van der Waals surface area contributed by atoms with Crippen LogP contribution in [0.25, 0.3) is 0 Å². The second-order valence-corrected chi connectivity index (χ2v) is 12.8. The van der Waals surface area contributed by atoms with Gasteiger partial charge in [0.05, 0.1) is 17.8 Å². The standard InChI is InChI=1S/C23H36O3S2/c1-22(2)15-25-23(26-16-22)11-10-17(19(23)14-21-27-12-13-28-21)8-9-20(24)18-6-4-3-5-7-18/h8-9,17-19,21H,3-7,10-16H2,1-2H3. The summed E-state index contributed by atoms with van der Waals surface area (Å²) in [5.41, 5.74) is 0.0948. The summed E-state index contributed by atoms with van der Waals surface area (Å²) in [5, 5.41) is 0. The van der Waals surface area contributed by atoms with Crippen LogP contribution in [0.4, 0.5) is 0 Å². The fraction of sp³-hybridized carbons (Fsp3) is 0.870. The van der Waals surface area contributed by atoms with Gasteiger partial charge in [-0.3, -0.25) is 4.79 Å². The van der Waals surface area contributed by atoms with Gasteiger partial charge in [-0.05, 0) is 37.7 Å². The van der Waals surface area contributed by atoms with Crippen LogP contribution in [0.3, 0.4) is 0 Å². The van der Waals surface area contributed by atoms with E-state index in [1.54, 1.807) is 0 Å². The molecule has 2 aliphatic heterocycles. The Bertz CT molecular complexity index is 566. The summed E-state index contributed by atoms with van der Waals surface area (Å²) in [6, 6.07) is 0. The number of hydrogen-bond donors (Lipinski definition) is 0. The topological polar surface area (TPSA) is 35.5 Å². The van der Waals surface area contributed by atoms with E-state index in [2.05, 4.69) is 43.4 Å². The molecule has 2 aliphatic carbocycles. The van der Waals surface area contributed by atoms with Crippen molar-refractivity contribution in [1.82, 2.24) is 0 Å². The molecule has 0 aromatic rings. The summed E-state index contributed by atoms with van der Waals surface area (Å²) < 4.78 is 13.6. The first-order valence-corrected chi connectivity index (χ1v) is 13.3. The van der Waals surface area contributed by atoms with Crippen LogP contribution in [-0.4, -0.2) is 40.9 Å². The normalized spacial score (nSPS) is 33.8. The third kappa shape index (κ3) is 4.84. The summed E-state index contributed by atoms with van der Waals surface area (Å²) in [5.74, 6) is 3.47. The van der Waals surface area contributed by atoms with Crippen LogP contribution in [0.5, 0.6) is 0 Å². The van der Waals surface area contributed by atoms with Gasteiger partial charge in [-0.15, -0.1) is 23.5 Å². The summed E-state index contributed by atoms with van der Waals surface area (Å²) in [6.45, 7) is 5.97. The highest BCUT2D eigenvalue weighted by Crippen LogP contribution is 2.52. The Morgan fingerprint density at radius 3 is 2.39 bits per heavy atom. The predicted molar refractivity (Wildman–Crippen MR) is 119 cm³/mol. The highest BCUT2D eigenvalue weighted by molar-refractivity contribution is 8.20. The third-order valence-corrected chi connectivity index (χ3v) is 10.1. The molecule has 158 valence electrons. The van der Waals surface area contributed by atoms with Gasteiger partial charge < -0.3 is 9.47 Å². The van der Waals surface area contributed by atoms with Gasteiger partial charge in [0.15, 0.2) is 11.6 Å². The quantitative estimate of drug-likeness (QED) is 0.530. The minimum absolute atomic E-state index is 0.0948. The van der Waals surface area contributed by atoms with Crippen LogP contribution in [0.1, 0.15) is 65.2 Å². The molecule has 2 unspecified atom stereocenters. The monoisotopic (exact) mass is 424 g/mol. The number of carbonyl (C=O) groups is 1. The van der Waals surface area contributed by atoms with Crippen molar-refractivity contribution in [2.45, 2.75) is 75.6 Å². The lowest BCUT2D eigenvalue weighted by Crippen LogP contribution is -2.50. The molecule has 4 aliphatic rings. The van der Waals surface area contributed by atoms with Crippen molar-refractivity contribution in [3.8, 4) is 0 Å². The van der Waals surface area contributed by atoms with Crippen LogP contribution in [0, 0.1) is 23.2 Å². The summed E-state index contributed by atoms with van der Waals surface area (Å²) >= 11 is 4.17. The van der Waals surface area contributed by atoms with Crippen LogP contribution >= 0.6 is 23.5 Å². The average Bonchev–Trinajstić information content (AvgIpc) is 3.33. The molecule has 0 radical (unpaired) electrons. The summed E-state index contributed by atoms with van der Waals surface area (Å²) in [4.78, 5) is 12.7. The molecule has 3 nitrogen and oxygen atoms in total. The molecule has 2 saturated heterocycles. The molecule has 2 heterocycles. The molecule has 0 amide bonds. The van der Waals surface area contributed by atoms with Gasteiger partial charge >= 0.3 is 0 Å². The Morgan fingerprint density at radius 1 is 1.04 bits per heavy atom. The van der Waals surface area contributed by atoms with Gasteiger partial charge in [0.25, 0.3) is 0 Å². The molecule has 28 heavy (non-hydrogen) atoms. The van der Waals surface area contributed by atoms with Gasteiger partial charge in [0.2, 0.25) is 0 Å². The van der Waals surface area contributed by atoms with E-state index in [1.807, 2.05) is 6.08 Å². The number of carbonyl (C=O) groups excluding carboxylic acids is 1. The van der Waals surface area contributed by atoms with Crippen molar-refractivity contribution in [3.63, 3.8) is 0 Å². The van der Waals surface area contributed by atoms with Crippen molar-refractivity contribution in [2.75, 3.05) is 24.7 Å². The number of ether oxygens (including phenoxy) is 2. The highest BCUT2D eigenvalue weighted by Gasteiger charge is 2.53. The molecule has 0 bridgehead atoms. The predicted octanol–water partition coefficient (Wildman–Crippen LogP) is 5.68. The van der Waals surface area contributed by atoms with Crippen LogP contribution < -0.4 is 0 Å². The van der Waals surface area contributed by atoms with Gasteiger partial charge in [0.1, 0.15) is 0 Å². The van der Waals surface area contributed by atoms with Gasteiger partial charge in [-0.25, -0.2) is 0 Å². The Balaban J connectivity index is 1.45. The molecule has 4 rings (SSSR count). The lowest BCUT2D eigenvalue weighted by Gasteiger charge is -2.45. The smallest absolute Gasteiger partial charge is 0.171 e. The first-order valence-electron chi connectivity index (χ1n) is 11.2. The first kappa shape index (κ1) is 21.3. The van der Waals surface area contributed by atoms with Crippen LogP contribution in [0.2, 0.25) is 0 Å². The maximum absolute atomic E-state index is 12.7. The van der Waals surface area contributed by atoms with E-state index < -0.39 is 5.79 Å². The zero-order valence-electron chi connectivity index (χ0n) is 17.5. The SMILES string of the molecule is CC1(C)COC2(CCC(C=CC(=O)C3CCCCC3)C2CC2SCCS2)OC1. The van der Waals surface area contributed by atoms with Crippen molar-refractivity contribution in [1.29, 1.82) is 0 Å². The van der Waals surface area contributed by atoms with E-state index in [0.717, 1.165) is 45.3 Å². The fourth-order valence-corrected chi connectivity index (χ4v) is 8.18. The lowest BCUT2D eigenvalue weighted by atomic mass is 9.84. The van der Waals surface area contributed by atoms with E-state index in [4.69, 9.17) is 9.47 Å². The van der Waals surface area contributed by atoms with Crippen LogP contribution in [0.15, 0.2) is 12.2 Å². The summed E-state index contributed by atoms with van der Waals surface area (Å²) in [6.07, 6.45) is 13.2. The van der Waals surface area contributed by atoms with Gasteiger partial charge in [0, 0.05) is 35.2 Å². The van der Waals surface area contributed by atoms with E-state index in [1.165, 1.54) is 30.8 Å². The molecule has 2 saturated carbocycles. The number of thioether (sulfide) groups is 2. The van der Waals surface area contributed by atoms with E-state index in [9.17, 15) is 4.79 Å². The van der Waals surface area contributed by atoms with E-state index in [-0.39, 0.29) is 11.3 Å². The molecular formula is C23H36O3S2. The molecule has 1 spiro atoms. The fourth-order valence-electron chi connectivity index (χ4n) is 5.23. The molecular weight excluding hydrogens is 388 g/mol. The Labute approximate surface area is 179 Å². The minimum Gasteiger partial charge on any atom is -0.349 e. The minimum atomic E-state index is -0.428. The number of ketones is 1. The first-order chi connectivity index (χ1) is 13.5. The third-order valence-electron chi connectivity index (χ3n) is 6.97. The number of allylic oxidation sites excluding steroid dienone is 2.